The predicted octanol–water partition coefficient (Wildman–Crippen LogP) is 2.36. The Kier molecular flexibility index (Phi) is 7.41. The van der Waals surface area contributed by atoms with Crippen molar-refractivity contribution in [2.24, 2.45) is 0 Å². The van der Waals surface area contributed by atoms with Gasteiger partial charge in [0, 0.05) is 57.3 Å². The first-order valence-corrected chi connectivity index (χ1v) is 11.8. The van der Waals surface area contributed by atoms with E-state index in [1.165, 1.54) is 16.2 Å². The molecule has 0 atom stereocenters. The summed E-state index contributed by atoms with van der Waals surface area (Å²) in [6.45, 7) is 6.18. The molecule has 0 aliphatic carbocycles. The fourth-order valence-corrected chi connectivity index (χ4v) is 4.80. The number of carbonyl (C=O) groups is 3. The summed E-state index contributed by atoms with van der Waals surface area (Å²) in [5.41, 5.74) is 3.27. The second kappa shape index (κ2) is 10.6. The summed E-state index contributed by atoms with van der Waals surface area (Å²) in [5, 5.41) is 2.51. The van der Waals surface area contributed by atoms with Crippen LogP contribution in [-0.2, 0) is 9.59 Å². The molecule has 1 N–H and O–H groups in total. The van der Waals surface area contributed by atoms with Gasteiger partial charge < -0.3 is 10.2 Å². The molecule has 0 radical (unpaired) electrons. The SMILES string of the molecule is Cc1ccccc1N1CCN(CC(=O)NCCN2C(=O)SC(=Cc3cccnc3)C2=O)CC1. The van der Waals surface area contributed by atoms with Crippen molar-refractivity contribution in [1.82, 2.24) is 20.1 Å². The molecule has 3 amide bonds. The van der Waals surface area contributed by atoms with E-state index in [2.05, 4.69) is 39.2 Å². The fourth-order valence-electron chi connectivity index (χ4n) is 3.94. The highest BCUT2D eigenvalue weighted by molar-refractivity contribution is 8.18. The molecular weight excluding hydrogens is 438 g/mol. The van der Waals surface area contributed by atoms with E-state index < -0.39 is 0 Å². The maximum atomic E-state index is 12.6. The average Bonchev–Trinajstić information content (AvgIpc) is 3.08. The minimum atomic E-state index is -0.338. The first kappa shape index (κ1) is 23.0. The van der Waals surface area contributed by atoms with Gasteiger partial charge in [0.25, 0.3) is 11.1 Å². The van der Waals surface area contributed by atoms with Crippen LogP contribution in [0.5, 0.6) is 0 Å². The number of hydrogen-bond acceptors (Lipinski definition) is 7. The molecule has 0 unspecified atom stereocenters. The molecule has 2 aromatic rings. The largest absolute Gasteiger partial charge is 0.369 e. The summed E-state index contributed by atoms with van der Waals surface area (Å²) >= 11 is 0.908. The summed E-state index contributed by atoms with van der Waals surface area (Å²) in [4.78, 5) is 47.2. The van der Waals surface area contributed by atoms with Crippen LogP contribution in [0.1, 0.15) is 11.1 Å². The van der Waals surface area contributed by atoms with Gasteiger partial charge >= 0.3 is 0 Å². The quantitative estimate of drug-likeness (QED) is 0.629. The number of amides is 3. The number of anilines is 1. The zero-order valence-corrected chi connectivity index (χ0v) is 19.4. The summed E-state index contributed by atoms with van der Waals surface area (Å²) in [7, 11) is 0. The van der Waals surface area contributed by atoms with E-state index in [9.17, 15) is 14.4 Å². The van der Waals surface area contributed by atoms with E-state index in [-0.39, 0.29) is 30.1 Å². The lowest BCUT2D eigenvalue weighted by molar-refractivity contribution is -0.124. The highest BCUT2D eigenvalue weighted by atomic mass is 32.2. The Hall–Kier alpha value is -3.17. The number of rotatable bonds is 7. The number of hydrogen-bond donors (Lipinski definition) is 1. The number of aromatic nitrogens is 1. The molecule has 4 rings (SSSR count). The number of piperazine rings is 1. The number of pyridine rings is 1. The number of nitrogens with zero attached hydrogens (tertiary/aromatic N) is 4. The Morgan fingerprint density at radius 3 is 2.64 bits per heavy atom. The summed E-state index contributed by atoms with van der Waals surface area (Å²) in [6.07, 6.45) is 4.94. The molecule has 0 bridgehead atoms. The molecule has 172 valence electrons. The first-order valence-electron chi connectivity index (χ1n) is 11.0. The van der Waals surface area contributed by atoms with Gasteiger partial charge in [-0.25, -0.2) is 0 Å². The van der Waals surface area contributed by atoms with Crippen LogP contribution < -0.4 is 10.2 Å². The Morgan fingerprint density at radius 1 is 1.12 bits per heavy atom. The Bertz CT molecular complexity index is 1050. The maximum Gasteiger partial charge on any atom is 0.293 e. The number of para-hydroxylation sites is 1. The minimum Gasteiger partial charge on any atom is -0.369 e. The number of carbonyl (C=O) groups excluding carboxylic acids is 3. The molecule has 0 saturated carbocycles. The molecule has 8 nitrogen and oxygen atoms in total. The van der Waals surface area contributed by atoms with E-state index in [0.29, 0.717) is 11.4 Å². The molecule has 2 aliphatic rings. The zero-order chi connectivity index (χ0) is 23.2. The standard InChI is InChI=1S/C24H27N5O3S/c1-18-5-2-3-7-20(18)28-13-11-27(12-14-28)17-22(30)26-9-10-29-23(31)21(33-24(29)32)15-19-6-4-8-25-16-19/h2-8,15-16H,9-14,17H2,1H3,(H,26,30). The highest BCUT2D eigenvalue weighted by Gasteiger charge is 2.34. The Morgan fingerprint density at radius 2 is 1.91 bits per heavy atom. The topological polar surface area (TPSA) is 85.8 Å². The van der Waals surface area contributed by atoms with Crippen LogP contribution in [0.2, 0.25) is 0 Å². The number of aryl methyl sites for hydroxylation is 1. The number of benzene rings is 1. The van der Waals surface area contributed by atoms with Gasteiger partial charge in [-0.15, -0.1) is 0 Å². The second-order valence-corrected chi connectivity index (χ2v) is 9.01. The zero-order valence-electron chi connectivity index (χ0n) is 18.6. The molecule has 1 aromatic carbocycles. The number of thioether (sulfide) groups is 1. The lowest BCUT2D eigenvalue weighted by atomic mass is 10.1. The van der Waals surface area contributed by atoms with Gasteiger partial charge in [0.15, 0.2) is 0 Å². The Balaban J connectivity index is 1.20. The molecule has 3 heterocycles. The van der Waals surface area contributed by atoms with Crippen LogP contribution in [0.25, 0.3) is 6.08 Å². The lowest BCUT2D eigenvalue weighted by Crippen LogP contribution is -2.50. The highest BCUT2D eigenvalue weighted by Crippen LogP contribution is 2.31. The van der Waals surface area contributed by atoms with Gasteiger partial charge in [0.2, 0.25) is 5.91 Å². The monoisotopic (exact) mass is 465 g/mol. The van der Waals surface area contributed by atoms with Crippen LogP contribution in [0.15, 0.2) is 53.7 Å². The molecule has 0 spiro atoms. The maximum absolute atomic E-state index is 12.6. The molecule has 2 saturated heterocycles. The van der Waals surface area contributed by atoms with Gasteiger partial charge in [-0.1, -0.05) is 24.3 Å². The van der Waals surface area contributed by atoms with Crippen LogP contribution in [0.3, 0.4) is 0 Å². The second-order valence-electron chi connectivity index (χ2n) is 8.02. The van der Waals surface area contributed by atoms with Crippen molar-refractivity contribution in [3.63, 3.8) is 0 Å². The summed E-state index contributed by atoms with van der Waals surface area (Å²) in [6, 6.07) is 11.9. The smallest absolute Gasteiger partial charge is 0.293 e. The molecular formula is C24H27N5O3S. The summed E-state index contributed by atoms with van der Waals surface area (Å²) in [5.74, 6) is -0.437. The van der Waals surface area contributed by atoms with Gasteiger partial charge in [0.05, 0.1) is 11.4 Å². The number of nitrogens with one attached hydrogen (secondary N) is 1. The van der Waals surface area contributed by atoms with E-state index in [4.69, 9.17) is 0 Å². The van der Waals surface area contributed by atoms with Crippen molar-refractivity contribution >= 4 is 40.6 Å². The van der Waals surface area contributed by atoms with E-state index >= 15 is 0 Å². The van der Waals surface area contributed by atoms with Crippen molar-refractivity contribution in [2.45, 2.75) is 6.92 Å². The fraction of sp³-hybridized carbons (Fsp3) is 0.333. The van der Waals surface area contributed by atoms with Crippen LogP contribution in [0.4, 0.5) is 10.5 Å². The summed E-state index contributed by atoms with van der Waals surface area (Å²) < 4.78 is 0. The van der Waals surface area contributed by atoms with Gasteiger partial charge in [-0.05, 0) is 48.0 Å². The third-order valence-electron chi connectivity index (χ3n) is 5.71. The number of imide groups is 1. The van der Waals surface area contributed by atoms with Crippen LogP contribution in [0, 0.1) is 6.92 Å². The van der Waals surface area contributed by atoms with E-state index in [1.54, 1.807) is 24.5 Å². The first-order chi connectivity index (χ1) is 16.0. The van der Waals surface area contributed by atoms with Gasteiger partial charge in [0.1, 0.15) is 0 Å². The van der Waals surface area contributed by atoms with Crippen molar-refractivity contribution < 1.29 is 14.4 Å². The van der Waals surface area contributed by atoms with E-state index in [1.807, 2.05) is 18.2 Å². The Labute approximate surface area is 197 Å². The van der Waals surface area contributed by atoms with Crippen molar-refractivity contribution in [3.05, 3.63) is 64.8 Å². The minimum absolute atomic E-state index is 0.0998. The van der Waals surface area contributed by atoms with Gasteiger partial charge in [-0.3, -0.25) is 29.2 Å². The van der Waals surface area contributed by atoms with Crippen molar-refractivity contribution in [2.75, 3.05) is 50.7 Å². The molecule has 1 aromatic heterocycles. The molecule has 33 heavy (non-hydrogen) atoms. The third kappa shape index (κ3) is 5.80. The predicted molar refractivity (Wildman–Crippen MR) is 130 cm³/mol. The van der Waals surface area contributed by atoms with Crippen molar-refractivity contribution in [3.8, 4) is 0 Å². The van der Waals surface area contributed by atoms with Gasteiger partial charge in [-0.2, -0.15) is 0 Å². The third-order valence-corrected chi connectivity index (χ3v) is 6.62. The van der Waals surface area contributed by atoms with Crippen LogP contribution in [-0.4, -0.2) is 77.7 Å². The normalized spacial score (nSPS) is 18.3. The van der Waals surface area contributed by atoms with Crippen LogP contribution >= 0.6 is 11.8 Å². The molecule has 2 aliphatic heterocycles. The van der Waals surface area contributed by atoms with Crippen molar-refractivity contribution in [1.29, 1.82) is 0 Å². The lowest BCUT2D eigenvalue weighted by Gasteiger charge is -2.36. The van der Waals surface area contributed by atoms with E-state index in [0.717, 1.165) is 43.5 Å². The molecule has 9 heteroatoms. The molecule has 2 fully saturated rings. The average molecular weight is 466 g/mol.